The van der Waals surface area contributed by atoms with Crippen LogP contribution in [0.3, 0.4) is 0 Å². The van der Waals surface area contributed by atoms with Crippen molar-refractivity contribution in [3.63, 3.8) is 0 Å². The zero-order valence-electron chi connectivity index (χ0n) is 17.8. The summed E-state index contributed by atoms with van der Waals surface area (Å²) in [4.78, 5) is 37.2. The number of amides is 2. The molecular formula is C24H28N2O5. The first-order valence-electron chi connectivity index (χ1n) is 10.5. The number of carboxylic acid groups (broad SMARTS) is 1. The molecule has 164 valence electrons. The van der Waals surface area contributed by atoms with Gasteiger partial charge in [0.15, 0.2) is 0 Å². The van der Waals surface area contributed by atoms with Gasteiger partial charge in [-0.2, -0.15) is 0 Å². The Morgan fingerprint density at radius 1 is 1.06 bits per heavy atom. The van der Waals surface area contributed by atoms with Gasteiger partial charge in [-0.05, 0) is 42.5 Å². The minimum absolute atomic E-state index is 0.00202. The van der Waals surface area contributed by atoms with Crippen LogP contribution in [-0.4, -0.2) is 53.7 Å². The van der Waals surface area contributed by atoms with Crippen LogP contribution in [0.4, 0.5) is 4.79 Å². The Hall–Kier alpha value is -3.35. The number of hydrogen-bond acceptors (Lipinski definition) is 4. The lowest BCUT2D eigenvalue weighted by Crippen LogP contribution is -2.47. The summed E-state index contributed by atoms with van der Waals surface area (Å²) in [5.74, 6) is -1.21. The zero-order valence-corrected chi connectivity index (χ0v) is 17.8. The van der Waals surface area contributed by atoms with Crippen molar-refractivity contribution in [2.24, 2.45) is 0 Å². The van der Waals surface area contributed by atoms with Gasteiger partial charge in [0.2, 0.25) is 5.91 Å². The van der Waals surface area contributed by atoms with Crippen molar-refractivity contribution in [3.05, 3.63) is 59.7 Å². The molecule has 1 unspecified atom stereocenters. The topological polar surface area (TPSA) is 95.9 Å². The molecule has 0 aliphatic heterocycles. The molecule has 1 aliphatic carbocycles. The summed E-state index contributed by atoms with van der Waals surface area (Å²) in [5, 5.41) is 11.4. The molecule has 2 N–H and O–H groups in total. The SMILES string of the molecule is CCN(CCCC(=O)O)C(=O)C(C)NC(=O)OCC1c2ccccc2-c2ccccc21. The van der Waals surface area contributed by atoms with Crippen molar-refractivity contribution in [2.45, 2.75) is 38.6 Å². The minimum Gasteiger partial charge on any atom is -0.481 e. The van der Waals surface area contributed by atoms with Crippen LogP contribution in [0.5, 0.6) is 0 Å². The number of rotatable bonds is 9. The fourth-order valence-corrected chi connectivity index (χ4v) is 4.00. The summed E-state index contributed by atoms with van der Waals surface area (Å²) >= 11 is 0. The van der Waals surface area contributed by atoms with Gasteiger partial charge >= 0.3 is 12.1 Å². The molecule has 1 aliphatic rings. The van der Waals surface area contributed by atoms with Gasteiger partial charge in [0, 0.05) is 25.4 Å². The van der Waals surface area contributed by atoms with E-state index in [4.69, 9.17) is 9.84 Å². The monoisotopic (exact) mass is 424 g/mol. The van der Waals surface area contributed by atoms with E-state index < -0.39 is 18.1 Å². The smallest absolute Gasteiger partial charge is 0.407 e. The fourth-order valence-electron chi connectivity index (χ4n) is 4.00. The molecule has 2 aromatic carbocycles. The van der Waals surface area contributed by atoms with Gasteiger partial charge in [0.25, 0.3) is 0 Å². The van der Waals surface area contributed by atoms with Crippen LogP contribution in [0, 0.1) is 0 Å². The lowest BCUT2D eigenvalue weighted by Gasteiger charge is -2.24. The summed E-state index contributed by atoms with van der Waals surface area (Å²) in [6.45, 7) is 4.37. The molecule has 0 saturated carbocycles. The number of alkyl carbamates (subject to hydrolysis) is 1. The highest BCUT2D eigenvalue weighted by atomic mass is 16.5. The Kier molecular flexibility index (Phi) is 7.28. The Bertz CT molecular complexity index is 913. The Labute approximate surface area is 182 Å². The maximum absolute atomic E-state index is 12.6. The van der Waals surface area contributed by atoms with E-state index in [0.29, 0.717) is 19.5 Å². The summed E-state index contributed by atoms with van der Waals surface area (Å²) in [6, 6.07) is 15.4. The maximum Gasteiger partial charge on any atom is 0.407 e. The standard InChI is InChI=1S/C24H28N2O5/c1-3-26(14-8-13-22(27)28)23(29)16(2)25-24(30)31-15-21-19-11-6-4-9-17(19)18-10-5-7-12-20(18)21/h4-7,9-12,16,21H,3,8,13-15H2,1-2H3,(H,25,30)(H,27,28). The molecule has 0 fully saturated rings. The second-order valence-corrected chi connectivity index (χ2v) is 7.61. The highest BCUT2D eigenvalue weighted by Crippen LogP contribution is 2.44. The van der Waals surface area contributed by atoms with Gasteiger partial charge in [-0.15, -0.1) is 0 Å². The van der Waals surface area contributed by atoms with E-state index in [9.17, 15) is 14.4 Å². The maximum atomic E-state index is 12.6. The lowest BCUT2D eigenvalue weighted by atomic mass is 9.98. The van der Waals surface area contributed by atoms with Gasteiger partial charge in [-0.3, -0.25) is 9.59 Å². The van der Waals surface area contributed by atoms with Crippen LogP contribution >= 0.6 is 0 Å². The first-order valence-corrected chi connectivity index (χ1v) is 10.5. The summed E-state index contributed by atoms with van der Waals surface area (Å²) in [6.07, 6.45) is -0.283. The zero-order chi connectivity index (χ0) is 22.4. The number of hydrogen-bond donors (Lipinski definition) is 2. The van der Waals surface area contributed by atoms with E-state index in [2.05, 4.69) is 17.4 Å². The molecule has 31 heavy (non-hydrogen) atoms. The Balaban J connectivity index is 1.56. The average molecular weight is 424 g/mol. The minimum atomic E-state index is -0.895. The normalized spacial score (nSPS) is 13.1. The third-order valence-corrected chi connectivity index (χ3v) is 5.56. The van der Waals surface area contributed by atoms with Crippen molar-refractivity contribution in [2.75, 3.05) is 19.7 Å². The predicted molar refractivity (Wildman–Crippen MR) is 117 cm³/mol. The number of fused-ring (bicyclic) bond motifs is 3. The Morgan fingerprint density at radius 3 is 2.19 bits per heavy atom. The number of carbonyl (C=O) groups is 3. The second-order valence-electron chi connectivity index (χ2n) is 7.61. The van der Waals surface area contributed by atoms with Gasteiger partial charge in [0.05, 0.1) is 0 Å². The molecule has 0 heterocycles. The van der Waals surface area contributed by atoms with Crippen LogP contribution in [0.2, 0.25) is 0 Å². The van der Waals surface area contributed by atoms with Gasteiger partial charge < -0.3 is 20.1 Å². The van der Waals surface area contributed by atoms with Crippen molar-refractivity contribution in [1.82, 2.24) is 10.2 Å². The number of aliphatic carboxylic acids is 1. The highest BCUT2D eigenvalue weighted by molar-refractivity contribution is 5.85. The molecule has 7 heteroatoms. The van der Waals surface area contributed by atoms with Crippen LogP contribution in [0.25, 0.3) is 11.1 Å². The number of carboxylic acids is 1. The molecule has 0 aromatic heterocycles. The second kappa shape index (κ2) is 10.1. The lowest BCUT2D eigenvalue weighted by molar-refractivity contribution is -0.138. The van der Waals surface area contributed by atoms with Crippen molar-refractivity contribution >= 4 is 18.0 Å². The molecule has 0 radical (unpaired) electrons. The first kappa shape index (κ1) is 22.3. The summed E-state index contributed by atoms with van der Waals surface area (Å²) < 4.78 is 5.49. The Morgan fingerprint density at radius 2 is 1.65 bits per heavy atom. The van der Waals surface area contributed by atoms with Crippen molar-refractivity contribution in [1.29, 1.82) is 0 Å². The van der Waals surface area contributed by atoms with E-state index in [0.717, 1.165) is 22.3 Å². The van der Waals surface area contributed by atoms with Crippen molar-refractivity contribution < 1.29 is 24.2 Å². The summed E-state index contributed by atoms with van der Waals surface area (Å²) in [5.41, 5.74) is 4.54. The van der Waals surface area contributed by atoms with Crippen LogP contribution in [0.15, 0.2) is 48.5 Å². The van der Waals surface area contributed by atoms with E-state index in [1.54, 1.807) is 6.92 Å². The largest absolute Gasteiger partial charge is 0.481 e. The van der Waals surface area contributed by atoms with E-state index in [1.165, 1.54) is 4.90 Å². The molecule has 3 rings (SSSR count). The van der Waals surface area contributed by atoms with E-state index in [1.807, 2.05) is 43.3 Å². The molecule has 2 amide bonds. The van der Waals surface area contributed by atoms with Gasteiger partial charge in [-0.1, -0.05) is 48.5 Å². The molecule has 0 spiro atoms. The number of nitrogens with zero attached hydrogens (tertiary/aromatic N) is 1. The number of benzene rings is 2. The van der Waals surface area contributed by atoms with Crippen LogP contribution < -0.4 is 5.32 Å². The van der Waals surface area contributed by atoms with Crippen LogP contribution in [-0.2, 0) is 14.3 Å². The molecule has 2 aromatic rings. The van der Waals surface area contributed by atoms with E-state index >= 15 is 0 Å². The predicted octanol–water partition coefficient (Wildman–Crippen LogP) is 3.63. The molecule has 1 atom stereocenters. The third kappa shape index (κ3) is 5.23. The fraction of sp³-hybridized carbons (Fsp3) is 0.375. The first-order chi connectivity index (χ1) is 14.9. The summed E-state index contributed by atoms with van der Waals surface area (Å²) in [7, 11) is 0. The third-order valence-electron chi connectivity index (χ3n) is 5.56. The molecular weight excluding hydrogens is 396 g/mol. The van der Waals surface area contributed by atoms with Gasteiger partial charge in [-0.25, -0.2) is 4.79 Å². The average Bonchev–Trinajstić information content (AvgIpc) is 3.08. The number of nitrogens with one attached hydrogen (secondary N) is 1. The number of ether oxygens (including phenoxy) is 1. The molecule has 0 saturated heterocycles. The van der Waals surface area contributed by atoms with Crippen molar-refractivity contribution in [3.8, 4) is 11.1 Å². The molecule has 0 bridgehead atoms. The number of likely N-dealkylation sites (N-methyl/N-ethyl adjacent to an activating group) is 1. The quantitative estimate of drug-likeness (QED) is 0.641. The van der Waals surface area contributed by atoms with E-state index in [-0.39, 0.29) is 24.9 Å². The van der Waals surface area contributed by atoms with Gasteiger partial charge in [0.1, 0.15) is 12.6 Å². The number of carbonyl (C=O) groups excluding carboxylic acids is 2. The van der Waals surface area contributed by atoms with Crippen LogP contribution in [0.1, 0.15) is 43.7 Å². The molecule has 7 nitrogen and oxygen atoms in total. The highest BCUT2D eigenvalue weighted by Gasteiger charge is 2.29.